The van der Waals surface area contributed by atoms with Crippen LogP contribution in [0.2, 0.25) is 0 Å². The van der Waals surface area contributed by atoms with Crippen molar-refractivity contribution < 1.29 is 23.4 Å². The molecule has 0 radical (unpaired) electrons. The van der Waals surface area contributed by atoms with E-state index in [4.69, 9.17) is 0 Å². The summed E-state index contributed by atoms with van der Waals surface area (Å²) in [5, 5.41) is 20.2. The third-order valence-electron chi connectivity index (χ3n) is 3.60. The number of aromatic hydroxyl groups is 1. The van der Waals surface area contributed by atoms with E-state index in [1.165, 1.54) is 36.5 Å². The average molecular weight is 411 g/mol. The first-order valence-corrected chi connectivity index (χ1v) is 7.81. The first kappa shape index (κ1) is 17.4. The minimum Gasteiger partial charge on any atom is -0.503 e. The standard InChI is InChI=1S/C17H10BrF3N2O2/c18-13-7-11(15(25)17(21)23-13)14(24)10-6-8(3-4-12(10)19)9-2-1-5-22-16(9)20/h1-7,14,24-25H. The minimum atomic E-state index is -1.69. The van der Waals surface area contributed by atoms with Gasteiger partial charge < -0.3 is 10.2 Å². The van der Waals surface area contributed by atoms with Crippen LogP contribution in [0.4, 0.5) is 13.2 Å². The van der Waals surface area contributed by atoms with Gasteiger partial charge in [-0.3, -0.25) is 0 Å². The fraction of sp³-hybridized carbons (Fsp3) is 0.0588. The molecule has 1 unspecified atom stereocenters. The number of aromatic nitrogens is 2. The van der Waals surface area contributed by atoms with Crippen molar-refractivity contribution in [2.75, 3.05) is 0 Å². The SMILES string of the molecule is Oc1c(C(O)c2cc(-c3cccnc3F)ccc2F)cc(Br)nc1F. The summed E-state index contributed by atoms with van der Waals surface area (Å²) in [4.78, 5) is 6.87. The van der Waals surface area contributed by atoms with Crippen molar-refractivity contribution in [2.45, 2.75) is 6.10 Å². The Hall–Kier alpha value is -2.45. The van der Waals surface area contributed by atoms with Crippen LogP contribution in [0.25, 0.3) is 11.1 Å². The van der Waals surface area contributed by atoms with Crippen LogP contribution in [0.5, 0.6) is 5.75 Å². The Kier molecular flexibility index (Phi) is 4.73. The van der Waals surface area contributed by atoms with Gasteiger partial charge >= 0.3 is 0 Å². The second-order valence-corrected chi connectivity index (χ2v) is 5.97. The fourth-order valence-corrected chi connectivity index (χ4v) is 2.80. The first-order valence-electron chi connectivity index (χ1n) is 7.01. The molecule has 0 aliphatic heterocycles. The van der Waals surface area contributed by atoms with E-state index < -0.39 is 29.6 Å². The molecule has 0 saturated carbocycles. The Bertz CT molecular complexity index is 953. The molecule has 8 heteroatoms. The summed E-state index contributed by atoms with van der Waals surface area (Å²) in [6, 6.07) is 7.72. The van der Waals surface area contributed by atoms with Gasteiger partial charge in [-0.2, -0.15) is 8.78 Å². The fourth-order valence-electron chi connectivity index (χ4n) is 2.39. The summed E-state index contributed by atoms with van der Waals surface area (Å²) in [5.74, 6) is -3.66. The van der Waals surface area contributed by atoms with Crippen LogP contribution < -0.4 is 0 Å². The van der Waals surface area contributed by atoms with E-state index in [0.717, 1.165) is 6.07 Å². The highest BCUT2D eigenvalue weighted by Crippen LogP contribution is 2.35. The van der Waals surface area contributed by atoms with E-state index in [1.54, 1.807) is 0 Å². The predicted molar refractivity (Wildman–Crippen MR) is 87.2 cm³/mol. The number of pyridine rings is 2. The smallest absolute Gasteiger partial charge is 0.256 e. The number of aliphatic hydroxyl groups is 1. The van der Waals surface area contributed by atoms with Gasteiger partial charge in [0.2, 0.25) is 5.95 Å². The van der Waals surface area contributed by atoms with Gasteiger partial charge in [0.15, 0.2) is 5.75 Å². The van der Waals surface area contributed by atoms with Gasteiger partial charge in [0, 0.05) is 22.9 Å². The molecule has 0 amide bonds. The summed E-state index contributed by atoms with van der Waals surface area (Å²) in [6.45, 7) is 0. The molecule has 3 aromatic rings. The van der Waals surface area contributed by atoms with Crippen LogP contribution in [0.1, 0.15) is 17.2 Å². The number of nitrogens with zero attached hydrogens (tertiary/aromatic N) is 2. The molecule has 1 aromatic carbocycles. The van der Waals surface area contributed by atoms with Crippen molar-refractivity contribution in [2.24, 2.45) is 0 Å². The van der Waals surface area contributed by atoms with Gasteiger partial charge in [0.25, 0.3) is 5.95 Å². The van der Waals surface area contributed by atoms with Gasteiger partial charge in [-0.25, -0.2) is 14.4 Å². The molecule has 2 N–H and O–H groups in total. The maximum Gasteiger partial charge on any atom is 0.256 e. The summed E-state index contributed by atoms with van der Waals surface area (Å²) in [5.41, 5.74) is -0.146. The second-order valence-electron chi connectivity index (χ2n) is 5.15. The highest BCUT2D eigenvalue weighted by atomic mass is 79.9. The van der Waals surface area contributed by atoms with Gasteiger partial charge in [-0.05, 0) is 51.8 Å². The summed E-state index contributed by atoms with van der Waals surface area (Å²) < 4.78 is 41.6. The number of benzene rings is 1. The molecule has 0 aliphatic carbocycles. The minimum absolute atomic E-state index is 0.0201. The van der Waals surface area contributed by atoms with E-state index in [-0.39, 0.29) is 26.9 Å². The van der Waals surface area contributed by atoms with E-state index in [9.17, 15) is 23.4 Å². The van der Waals surface area contributed by atoms with Crippen molar-refractivity contribution in [3.8, 4) is 16.9 Å². The van der Waals surface area contributed by atoms with Crippen LogP contribution in [-0.2, 0) is 0 Å². The molecule has 0 saturated heterocycles. The second kappa shape index (κ2) is 6.81. The number of rotatable bonds is 3. The molecule has 0 spiro atoms. The lowest BCUT2D eigenvalue weighted by Gasteiger charge is -2.16. The lowest BCUT2D eigenvalue weighted by molar-refractivity contribution is 0.208. The molecule has 0 aliphatic rings. The zero-order valence-corrected chi connectivity index (χ0v) is 14.0. The van der Waals surface area contributed by atoms with Gasteiger partial charge in [-0.1, -0.05) is 6.07 Å². The lowest BCUT2D eigenvalue weighted by Crippen LogP contribution is -2.05. The van der Waals surface area contributed by atoms with Crippen LogP contribution in [0, 0.1) is 17.7 Å². The van der Waals surface area contributed by atoms with E-state index >= 15 is 0 Å². The molecule has 4 nitrogen and oxygen atoms in total. The highest BCUT2D eigenvalue weighted by molar-refractivity contribution is 9.10. The summed E-state index contributed by atoms with van der Waals surface area (Å²) in [7, 11) is 0. The van der Waals surface area contributed by atoms with Crippen molar-refractivity contribution in [1.29, 1.82) is 0 Å². The zero-order chi connectivity index (χ0) is 18.1. The van der Waals surface area contributed by atoms with E-state index in [2.05, 4.69) is 25.9 Å². The van der Waals surface area contributed by atoms with Crippen LogP contribution in [0.15, 0.2) is 47.2 Å². The molecular weight excluding hydrogens is 401 g/mol. The molecule has 128 valence electrons. The number of hydrogen-bond acceptors (Lipinski definition) is 4. The molecule has 0 fully saturated rings. The molecule has 1 atom stereocenters. The molecule has 3 rings (SSSR count). The zero-order valence-electron chi connectivity index (χ0n) is 12.4. The van der Waals surface area contributed by atoms with Crippen LogP contribution >= 0.6 is 15.9 Å². The van der Waals surface area contributed by atoms with Crippen LogP contribution in [0.3, 0.4) is 0 Å². The monoisotopic (exact) mass is 410 g/mol. The highest BCUT2D eigenvalue weighted by Gasteiger charge is 2.23. The van der Waals surface area contributed by atoms with Crippen molar-refractivity contribution in [1.82, 2.24) is 9.97 Å². The Morgan fingerprint density at radius 2 is 1.76 bits per heavy atom. The Morgan fingerprint density at radius 1 is 1.00 bits per heavy atom. The Balaban J connectivity index is 2.12. The summed E-state index contributed by atoms with van der Waals surface area (Å²) in [6.07, 6.45) is -0.415. The van der Waals surface area contributed by atoms with Gasteiger partial charge in [-0.15, -0.1) is 0 Å². The van der Waals surface area contributed by atoms with Gasteiger partial charge in [0.1, 0.15) is 16.5 Å². The average Bonchev–Trinajstić information content (AvgIpc) is 2.58. The third kappa shape index (κ3) is 3.35. The lowest BCUT2D eigenvalue weighted by atomic mass is 9.97. The Labute approximate surface area is 148 Å². The quantitative estimate of drug-likeness (QED) is 0.637. The predicted octanol–water partition coefficient (Wildman–Crippen LogP) is 4.11. The van der Waals surface area contributed by atoms with Crippen molar-refractivity contribution in [3.05, 3.63) is 76.0 Å². The number of hydrogen-bond donors (Lipinski definition) is 2. The molecule has 25 heavy (non-hydrogen) atoms. The third-order valence-corrected chi connectivity index (χ3v) is 4.01. The molecule has 2 heterocycles. The topological polar surface area (TPSA) is 66.2 Å². The van der Waals surface area contributed by atoms with Crippen LogP contribution in [-0.4, -0.2) is 20.2 Å². The molecule has 0 bridgehead atoms. The normalized spacial score (nSPS) is 12.2. The van der Waals surface area contributed by atoms with Crippen molar-refractivity contribution >= 4 is 15.9 Å². The number of halogens is 4. The van der Waals surface area contributed by atoms with Gasteiger partial charge in [0.05, 0.1) is 0 Å². The van der Waals surface area contributed by atoms with Crippen molar-refractivity contribution in [3.63, 3.8) is 0 Å². The number of aliphatic hydroxyl groups excluding tert-OH is 1. The summed E-state index contributed by atoms with van der Waals surface area (Å²) >= 11 is 2.94. The van der Waals surface area contributed by atoms with E-state index in [1.807, 2.05) is 0 Å². The van der Waals surface area contributed by atoms with E-state index in [0.29, 0.717) is 0 Å². The molecular formula is C17H10BrF3N2O2. The largest absolute Gasteiger partial charge is 0.503 e. The molecule has 2 aromatic heterocycles. The Morgan fingerprint density at radius 3 is 2.48 bits per heavy atom. The first-order chi connectivity index (χ1) is 11.9. The maximum atomic E-state index is 14.2. The maximum absolute atomic E-state index is 14.2.